The molecule has 1 saturated heterocycles. The van der Waals surface area contributed by atoms with Gasteiger partial charge in [0.25, 0.3) is 0 Å². The number of hydrogen-bond acceptors (Lipinski definition) is 3. The molecule has 1 aromatic heterocycles. The Bertz CT molecular complexity index is 1670. The van der Waals surface area contributed by atoms with Crippen LogP contribution in [-0.4, -0.2) is 6.35 Å². The molecule has 5 heteroatoms. The van der Waals surface area contributed by atoms with Gasteiger partial charge in [0.2, 0.25) is 0 Å². The number of aryl methyl sites for hydroxylation is 3. The van der Waals surface area contributed by atoms with E-state index in [4.69, 9.17) is 12.9 Å². The summed E-state index contributed by atoms with van der Waals surface area (Å²) in [5, 5.41) is 2.19. The fraction of sp³-hybridized carbons (Fsp3) is 0.333. The quantitative estimate of drug-likeness (QED) is 0.193. The van der Waals surface area contributed by atoms with Crippen molar-refractivity contribution in [3.63, 3.8) is 0 Å². The zero-order chi connectivity index (χ0) is 28.7. The second-order valence-corrected chi connectivity index (χ2v) is 16.1. The molecule has 1 aliphatic heterocycles. The Hall–Kier alpha value is -2.83. The van der Waals surface area contributed by atoms with Gasteiger partial charge in [-0.05, 0) is 79.0 Å². The summed E-state index contributed by atoms with van der Waals surface area (Å²) >= 11 is 0. The van der Waals surface area contributed by atoms with Gasteiger partial charge < -0.3 is 8.39 Å². The normalized spacial score (nSPS) is 19.7. The third kappa shape index (κ3) is 5.78. The fourth-order valence-electron chi connectivity index (χ4n) is 6.35. The van der Waals surface area contributed by atoms with Crippen LogP contribution in [0.1, 0.15) is 78.3 Å². The maximum atomic E-state index is 6.82. The van der Waals surface area contributed by atoms with E-state index < -0.39 is 16.2 Å². The molecule has 41 heavy (non-hydrogen) atoms. The van der Waals surface area contributed by atoms with E-state index in [1.165, 1.54) is 40.7 Å². The topological polar surface area (TPSA) is 35.5 Å². The highest BCUT2D eigenvalue weighted by Gasteiger charge is 2.38. The van der Waals surface area contributed by atoms with Crippen LogP contribution in [0.5, 0.6) is 0 Å². The molecule has 0 amide bonds. The molecule has 5 aromatic rings. The molecule has 4 aromatic carbocycles. The van der Waals surface area contributed by atoms with Crippen molar-refractivity contribution in [2.45, 2.75) is 71.1 Å². The second kappa shape index (κ2) is 11.4. The molecule has 6 rings (SSSR count). The Kier molecular flexibility index (Phi) is 7.90. The van der Waals surface area contributed by atoms with Gasteiger partial charge in [-0.1, -0.05) is 101 Å². The summed E-state index contributed by atoms with van der Waals surface area (Å²) in [5.41, 5.74) is 10.3. The number of benzene rings is 4. The van der Waals surface area contributed by atoms with E-state index in [2.05, 4.69) is 126 Å². The number of hydrogen-bond donors (Lipinski definition) is 0. The summed E-state index contributed by atoms with van der Waals surface area (Å²) in [4.78, 5) is 0. The highest BCUT2D eigenvalue weighted by atomic mass is 31.1. The highest BCUT2D eigenvalue weighted by Crippen LogP contribution is 2.70. The summed E-state index contributed by atoms with van der Waals surface area (Å²) in [6, 6.07) is 30.9. The third-order valence-corrected chi connectivity index (χ3v) is 12.6. The molecule has 0 bridgehead atoms. The van der Waals surface area contributed by atoms with Crippen molar-refractivity contribution >= 4 is 38.1 Å². The molecule has 2 heterocycles. The molecule has 3 nitrogen and oxygen atoms in total. The van der Waals surface area contributed by atoms with Crippen LogP contribution in [0.4, 0.5) is 0 Å². The highest BCUT2D eigenvalue weighted by molar-refractivity contribution is 7.59. The summed E-state index contributed by atoms with van der Waals surface area (Å²) in [7, 11) is -2.15. The van der Waals surface area contributed by atoms with Crippen molar-refractivity contribution in [3.8, 4) is 0 Å². The third-order valence-electron chi connectivity index (χ3n) is 8.28. The van der Waals surface area contributed by atoms with Crippen molar-refractivity contribution in [1.29, 1.82) is 0 Å². The average Bonchev–Trinajstić information content (AvgIpc) is 3.30. The van der Waals surface area contributed by atoms with Gasteiger partial charge in [0, 0.05) is 27.7 Å². The Morgan fingerprint density at radius 1 is 0.707 bits per heavy atom. The minimum atomic E-state index is -1.65. The minimum absolute atomic E-state index is 0.0905. The van der Waals surface area contributed by atoms with E-state index in [9.17, 15) is 0 Å². The van der Waals surface area contributed by atoms with Crippen molar-refractivity contribution < 1.29 is 12.9 Å². The van der Waals surface area contributed by atoms with Crippen LogP contribution in [0.25, 0.3) is 21.9 Å². The molecule has 0 aliphatic carbocycles. The van der Waals surface area contributed by atoms with Crippen molar-refractivity contribution in [3.05, 3.63) is 118 Å². The Morgan fingerprint density at radius 3 is 1.78 bits per heavy atom. The fourth-order valence-corrected chi connectivity index (χ4v) is 11.0. The maximum absolute atomic E-state index is 6.82. The molecule has 2 unspecified atom stereocenters. The van der Waals surface area contributed by atoms with Crippen LogP contribution in [0.15, 0.2) is 93.3 Å². The predicted octanol–water partition coefficient (Wildman–Crippen LogP) is 11.7. The minimum Gasteiger partial charge on any atom is -0.399 e. The van der Waals surface area contributed by atoms with Crippen LogP contribution in [0, 0.1) is 20.8 Å². The van der Waals surface area contributed by atoms with Crippen LogP contribution >= 0.6 is 16.2 Å². The SMILES string of the molecule is Cc1cc(C)c2op(OCP3[C@@H](c4ccccc4)CC[C@H]3c3ccccc3)oc3c(C(C)(C)C)cc(C)cc3c2c1. The van der Waals surface area contributed by atoms with Gasteiger partial charge in [-0.2, -0.15) is 0 Å². The van der Waals surface area contributed by atoms with Crippen LogP contribution in [0.2, 0.25) is 0 Å². The lowest BCUT2D eigenvalue weighted by Gasteiger charge is -2.25. The Balaban J connectivity index is 1.48. The predicted molar refractivity (Wildman–Crippen MR) is 175 cm³/mol. The lowest BCUT2D eigenvalue weighted by molar-refractivity contribution is 0.431. The number of fused-ring (bicyclic) bond motifs is 3. The Labute approximate surface area is 246 Å². The average molecular weight is 583 g/mol. The van der Waals surface area contributed by atoms with E-state index in [0.29, 0.717) is 17.7 Å². The molecule has 0 saturated carbocycles. The molecule has 0 spiro atoms. The summed E-state index contributed by atoms with van der Waals surface area (Å²) in [6.07, 6.45) is 3.00. The van der Waals surface area contributed by atoms with Gasteiger partial charge in [0.1, 0.15) is 11.2 Å². The monoisotopic (exact) mass is 582 g/mol. The molecule has 1 fully saturated rings. The van der Waals surface area contributed by atoms with E-state index in [-0.39, 0.29) is 5.41 Å². The number of rotatable bonds is 5. The van der Waals surface area contributed by atoms with Crippen LogP contribution < -0.4 is 4.52 Å². The van der Waals surface area contributed by atoms with E-state index >= 15 is 0 Å². The van der Waals surface area contributed by atoms with Gasteiger partial charge >= 0.3 is 8.24 Å². The first-order chi connectivity index (χ1) is 19.7. The molecular formula is C36H40O3P2. The first-order valence-corrected chi connectivity index (χ1v) is 17.4. The first-order valence-electron chi connectivity index (χ1n) is 14.6. The van der Waals surface area contributed by atoms with Gasteiger partial charge in [-0.15, -0.1) is 0 Å². The summed E-state index contributed by atoms with van der Waals surface area (Å²) in [5.74, 6) is 0. The van der Waals surface area contributed by atoms with Crippen molar-refractivity contribution in [2.24, 2.45) is 0 Å². The van der Waals surface area contributed by atoms with E-state index in [1.807, 2.05) is 0 Å². The van der Waals surface area contributed by atoms with Gasteiger partial charge in [-0.3, -0.25) is 4.52 Å². The smallest absolute Gasteiger partial charge is 0.387 e. The lowest BCUT2D eigenvalue weighted by Crippen LogP contribution is -2.11. The summed E-state index contributed by atoms with van der Waals surface area (Å²) < 4.78 is 20.3. The van der Waals surface area contributed by atoms with Gasteiger partial charge in [0.15, 0.2) is 0 Å². The van der Waals surface area contributed by atoms with E-state index in [0.717, 1.165) is 27.5 Å². The zero-order valence-corrected chi connectivity index (χ0v) is 26.8. The lowest BCUT2D eigenvalue weighted by atomic mass is 9.84. The van der Waals surface area contributed by atoms with Gasteiger partial charge in [0.05, 0.1) is 6.35 Å². The standard InChI is InChI=1S/C36H40O3P2/c1-24-19-26(3)34-29(20-24)30-21-25(2)22-31(36(4,5)6)35(30)39-41(38-34)37-23-40-32(27-13-9-7-10-14-27)17-18-33(40)28-15-11-8-12-16-28/h7-16,19-22,32-33H,17-18,23H2,1-6H3/t32-,33+,40?,41?. The molecule has 0 radical (unpaired) electrons. The first kappa shape index (κ1) is 28.3. The molecule has 212 valence electrons. The zero-order valence-electron chi connectivity index (χ0n) is 25.0. The largest absolute Gasteiger partial charge is 0.399 e. The molecule has 1 aliphatic rings. The summed E-state index contributed by atoms with van der Waals surface area (Å²) in [6.45, 7) is 13.2. The van der Waals surface area contributed by atoms with Crippen molar-refractivity contribution in [2.75, 3.05) is 6.35 Å². The van der Waals surface area contributed by atoms with E-state index in [1.54, 1.807) is 0 Å². The molecule has 0 N–H and O–H groups in total. The van der Waals surface area contributed by atoms with Gasteiger partial charge in [-0.25, -0.2) is 0 Å². The molecular weight excluding hydrogens is 542 g/mol. The Morgan fingerprint density at radius 2 is 1.22 bits per heavy atom. The van der Waals surface area contributed by atoms with Crippen LogP contribution in [-0.2, 0) is 5.41 Å². The molecule has 4 atom stereocenters. The maximum Gasteiger partial charge on any atom is 0.387 e. The van der Waals surface area contributed by atoms with Crippen molar-refractivity contribution in [1.82, 2.24) is 0 Å². The van der Waals surface area contributed by atoms with Crippen LogP contribution in [0.3, 0.4) is 0 Å². The second-order valence-electron chi connectivity index (χ2n) is 12.5.